The number of anilines is 1. The van der Waals surface area contributed by atoms with E-state index in [1.165, 1.54) is 19.3 Å². The third kappa shape index (κ3) is 11.9. The molecule has 0 aromatic carbocycles. The van der Waals surface area contributed by atoms with Crippen LogP contribution in [0.2, 0.25) is 0 Å². The summed E-state index contributed by atoms with van der Waals surface area (Å²) in [5.74, 6) is -0.522. The van der Waals surface area contributed by atoms with Gasteiger partial charge in [0.25, 0.3) is 0 Å². The van der Waals surface area contributed by atoms with Crippen LogP contribution in [0.1, 0.15) is 103 Å². The number of carboxylic acids is 1. The van der Waals surface area contributed by atoms with Gasteiger partial charge in [-0.05, 0) is 107 Å². The third-order valence-electron chi connectivity index (χ3n) is 10.8. The standard InChI is InChI=1S/C37H64N4O5/c1-4-6-8-11-26-14-15-28(33(42)19-26)12-9-7-10-13-32(36(44)45)34(43)21-31(25-39-3)37(46)22-29(30(23-37)24-40-5-2)18-27-16-17-41-35(38)20-27/h14-17,20,26,28-34,39-40,42-43,46H,4-13,18-19,21-25H2,1-3H3,(H2,38,41)(H,44,45)/t26-,28-,29-,30+,31+,32+,33-,34-,37-/m1/s1. The van der Waals surface area contributed by atoms with Crippen LogP contribution in [0.15, 0.2) is 30.5 Å². The molecule has 0 amide bonds. The molecule has 0 radical (unpaired) electrons. The van der Waals surface area contributed by atoms with Gasteiger partial charge in [0.1, 0.15) is 5.82 Å². The number of allylic oxidation sites excluding steroid dienone is 1. The molecule has 9 atom stereocenters. The Balaban J connectivity index is 1.54. The highest BCUT2D eigenvalue weighted by molar-refractivity contribution is 5.70. The zero-order valence-electron chi connectivity index (χ0n) is 28.7. The van der Waals surface area contributed by atoms with E-state index in [0.717, 1.165) is 57.2 Å². The van der Waals surface area contributed by atoms with Crippen molar-refractivity contribution in [2.24, 2.45) is 35.5 Å². The molecule has 46 heavy (non-hydrogen) atoms. The first-order chi connectivity index (χ1) is 22.1. The van der Waals surface area contributed by atoms with Gasteiger partial charge in [-0.3, -0.25) is 4.79 Å². The number of carboxylic acid groups (broad SMARTS) is 1. The van der Waals surface area contributed by atoms with E-state index >= 15 is 0 Å². The van der Waals surface area contributed by atoms with E-state index in [2.05, 4.69) is 41.6 Å². The third-order valence-corrected chi connectivity index (χ3v) is 10.8. The molecule has 1 aromatic rings. The number of aliphatic carboxylic acids is 1. The maximum absolute atomic E-state index is 12.3. The number of hydrogen-bond donors (Lipinski definition) is 7. The van der Waals surface area contributed by atoms with Gasteiger partial charge in [-0.25, -0.2) is 4.98 Å². The Bertz CT molecular complexity index is 1060. The summed E-state index contributed by atoms with van der Waals surface area (Å²) >= 11 is 0. The molecule has 9 nitrogen and oxygen atoms in total. The Morgan fingerprint density at radius 1 is 1.11 bits per heavy atom. The van der Waals surface area contributed by atoms with Crippen molar-refractivity contribution in [3.8, 4) is 0 Å². The number of rotatable bonds is 22. The summed E-state index contributed by atoms with van der Waals surface area (Å²) in [6.07, 6.45) is 16.5. The van der Waals surface area contributed by atoms with Crippen LogP contribution in [0, 0.1) is 35.5 Å². The van der Waals surface area contributed by atoms with E-state index in [4.69, 9.17) is 5.73 Å². The topological polar surface area (TPSA) is 161 Å². The van der Waals surface area contributed by atoms with E-state index in [-0.39, 0.29) is 36.2 Å². The molecule has 1 aromatic heterocycles. The first-order valence-corrected chi connectivity index (χ1v) is 18.1. The molecule has 0 aliphatic heterocycles. The van der Waals surface area contributed by atoms with Crippen LogP contribution in [0.3, 0.4) is 0 Å². The first kappa shape index (κ1) is 38.4. The second-order valence-electron chi connectivity index (χ2n) is 14.4. The highest BCUT2D eigenvalue weighted by Gasteiger charge is 2.49. The Morgan fingerprint density at radius 2 is 1.87 bits per heavy atom. The SMILES string of the molecule is CCCCC[C@@H]1C=C[C@@H](CCCCC[C@H](C(=O)O)[C@H](O)C[C@@H](CNC)[C@]2(O)C[C@@H](CNCC)[C@H](Cc3ccnc(N)c3)C2)[C@H](O)C1. The zero-order valence-corrected chi connectivity index (χ0v) is 28.7. The lowest BCUT2D eigenvalue weighted by Crippen LogP contribution is -2.44. The number of nitrogens with two attached hydrogens (primary N) is 1. The second-order valence-corrected chi connectivity index (χ2v) is 14.4. The summed E-state index contributed by atoms with van der Waals surface area (Å²) in [6.45, 7) is 6.43. The minimum absolute atomic E-state index is 0.175. The lowest BCUT2D eigenvalue weighted by atomic mass is 9.78. The monoisotopic (exact) mass is 644 g/mol. The molecule has 2 aliphatic rings. The minimum atomic E-state index is -1.04. The molecule has 262 valence electrons. The van der Waals surface area contributed by atoms with Crippen LogP contribution in [-0.4, -0.2) is 75.9 Å². The zero-order chi connectivity index (χ0) is 33.5. The number of unbranched alkanes of at least 4 members (excludes halogenated alkanes) is 4. The minimum Gasteiger partial charge on any atom is -0.481 e. The molecule has 2 aliphatic carbocycles. The number of aliphatic hydroxyl groups is 3. The molecule has 0 saturated heterocycles. The summed E-state index contributed by atoms with van der Waals surface area (Å²) in [5.41, 5.74) is 6.02. The number of nitrogens with one attached hydrogen (secondary N) is 2. The number of pyridine rings is 1. The van der Waals surface area contributed by atoms with E-state index in [0.29, 0.717) is 44.0 Å². The van der Waals surface area contributed by atoms with Gasteiger partial charge in [0.15, 0.2) is 0 Å². The van der Waals surface area contributed by atoms with Crippen LogP contribution in [0.4, 0.5) is 5.82 Å². The molecule has 0 bridgehead atoms. The largest absolute Gasteiger partial charge is 0.481 e. The van der Waals surface area contributed by atoms with E-state index < -0.39 is 23.6 Å². The van der Waals surface area contributed by atoms with Gasteiger partial charge >= 0.3 is 5.97 Å². The maximum atomic E-state index is 12.3. The number of aliphatic hydroxyl groups excluding tert-OH is 2. The Labute approximate surface area is 277 Å². The van der Waals surface area contributed by atoms with E-state index in [1.807, 2.05) is 19.2 Å². The smallest absolute Gasteiger partial charge is 0.309 e. The average molecular weight is 645 g/mol. The van der Waals surface area contributed by atoms with Crippen molar-refractivity contribution in [1.82, 2.24) is 15.6 Å². The number of hydrogen-bond acceptors (Lipinski definition) is 8. The van der Waals surface area contributed by atoms with Crippen molar-refractivity contribution >= 4 is 11.8 Å². The van der Waals surface area contributed by atoms with Gasteiger partial charge in [0, 0.05) is 24.6 Å². The highest BCUT2D eigenvalue weighted by Crippen LogP contribution is 2.46. The van der Waals surface area contributed by atoms with Crippen molar-refractivity contribution in [2.75, 3.05) is 32.4 Å². The Morgan fingerprint density at radius 3 is 2.54 bits per heavy atom. The number of carbonyl (C=O) groups is 1. The lowest BCUT2D eigenvalue weighted by molar-refractivity contribution is -0.147. The fourth-order valence-electron chi connectivity index (χ4n) is 8.14. The van der Waals surface area contributed by atoms with Crippen molar-refractivity contribution in [3.63, 3.8) is 0 Å². The van der Waals surface area contributed by atoms with Crippen molar-refractivity contribution in [3.05, 3.63) is 36.0 Å². The molecule has 8 N–H and O–H groups in total. The van der Waals surface area contributed by atoms with Crippen LogP contribution in [0.5, 0.6) is 0 Å². The molecule has 0 spiro atoms. The first-order valence-electron chi connectivity index (χ1n) is 18.1. The van der Waals surface area contributed by atoms with Gasteiger partial charge in [0.05, 0.1) is 23.7 Å². The van der Waals surface area contributed by atoms with Gasteiger partial charge in [-0.2, -0.15) is 0 Å². The van der Waals surface area contributed by atoms with E-state index in [9.17, 15) is 25.2 Å². The predicted octanol–water partition coefficient (Wildman–Crippen LogP) is 4.94. The molecular weight excluding hydrogens is 580 g/mol. The molecule has 3 rings (SSSR count). The van der Waals surface area contributed by atoms with Crippen LogP contribution >= 0.6 is 0 Å². The Kier molecular flexibility index (Phi) is 16.5. The van der Waals surface area contributed by atoms with Crippen molar-refractivity contribution in [2.45, 2.75) is 122 Å². The summed E-state index contributed by atoms with van der Waals surface area (Å²) in [5, 5.41) is 50.8. The van der Waals surface area contributed by atoms with Gasteiger partial charge in [-0.15, -0.1) is 0 Å². The highest BCUT2D eigenvalue weighted by atomic mass is 16.4. The number of nitrogens with zero attached hydrogens (tertiary/aromatic N) is 1. The van der Waals surface area contributed by atoms with Gasteiger partial charge in [-0.1, -0.05) is 64.5 Å². The van der Waals surface area contributed by atoms with Crippen LogP contribution in [0.25, 0.3) is 0 Å². The summed E-state index contributed by atoms with van der Waals surface area (Å²) in [7, 11) is 1.84. The normalized spacial score (nSPS) is 28.3. The van der Waals surface area contributed by atoms with Crippen molar-refractivity contribution < 1.29 is 25.2 Å². The van der Waals surface area contributed by atoms with Gasteiger partial charge in [0.2, 0.25) is 0 Å². The summed E-state index contributed by atoms with van der Waals surface area (Å²) in [4.78, 5) is 16.4. The number of aromatic nitrogens is 1. The predicted molar refractivity (Wildman–Crippen MR) is 185 cm³/mol. The fourth-order valence-corrected chi connectivity index (χ4v) is 8.14. The average Bonchev–Trinajstić information content (AvgIpc) is 3.33. The molecule has 1 fully saturated rings. The van der Waals surface area contributed by atoms with E-state index in [1.54, 1.807) is 6.20 Å². The van der Waals surface area contributed by atoms with Gasteiger partial charge < -0.3 is 36.8 Å². The summed E-state index contributed by atoms with van der Waals surface area (Å²) in [6, 6.07) is 3.87. The van der Waals surface area contributed by atoms with Crippen LogP contribution < -0.4 is 16.4 Å². The molecule has 1 saturated carbocycles. The fraction of sp³-hybridized carbons (Fsp3) is 0.784. The molecular formula is C37H64N4O5. The molecule has 9 heteroatoms. The Hall–Kier alpha value is -2.04. The molecule has 0 unspecified atom stereocenters. The van der Waals surface area contributed by atoms with Crippen molar-refractivity contribution in [1.29, 1.82) is 0 Å². The quantitative estimate of drug-likeness (QED) is 0.0685. The molecule has 1 heterocycles. The second kappa shape index (κ2) is 19.7. The maximum Gasteiger partial charge on any atom is 0.309 e. The van der Waals surface area contributed by atoms with Crippen LogP contribution in [-0.2, 0) is 11.2 Å². The number of nitrogen functional groups attached to an aromatic ring is 1. The lowest BCUT2D eigenvalue weighted by Gasteiger charge is -2.36. The summed E-state index contributed by atoms with van der Waals surface area (Å²) < 4.78 is 0.